The Kier molecular flexibility index (Phi) is 6.99. The van der Waals surface area contributed by atoms with Crippen LogP contribution in [0.4, 0.5) is 11.4 Å². The van der Waals surface area contributed by atoms with Gasteiger partial charge in [0.05, 0.1) is 13.7 Å². The van der Waals surface area contributed by atoms with Gasteiger partial charge in [0.15, 0.2) is 11.5 Å². The highest BCUT2D eigenvalue weighted by molar-refractivity contribution is 6.04. The second-order valence-corrected chi connectivity index (χ2v) is 7.18. The van der Waals surface area contributed by atoms with E-state index in [2.05, 4.69) is 35.0 Å². The Morgan fingerprint density at radius 1 is 1.03 bits per heavy atom. The number of likely N-dealkylation sites (N-methyl/N-ethyl adjacent to an activating group) is 1. The van der Waals surface area contributed by atoms with Crippen LogP contribution in [0.1, 0.15) is 29.8 Å². The highest BCUT2D eigenvalue weighted by Gasteiger charge is 2.18. The third kappa shape index (κ3) is 5.01. The summed E-state index contributed by atoms with van der Waals surface area (Å²) >= 11 is 0. The Morgan fingerprint density at radius 3 is 2.41 bits per heavy atom. The molecule has 1 N–H and O–H groups in total. The van der Waals surface area contributed by atoms with Gasteiger partial charge in [-0.15, -0.1) is 0 Å². The summed E-state index contributed by atoms with van der Waals surface area (Å²) in [5.41, 5.74) is 3.73. The van der Waals surface area contributed by atoms with Crippen LogP contribution in [-0.4, -0.2) is 57.2 Å². The van der Waals surface area contributed by atoms with E-state index in [1.165, 1.54) is 5.69 Å². The summed E-state index contributed by atoms with van der Waals surface area (Å²) in [6.45, 7) is 12.1. The average Bonchev–Trinajstić information content (AvgIpc) is 2.74. The number of piperazine rings is 1. The molecule has 6 nitrogen and oxygen atoms in total. The molecule has 156 valence electrons. The molecular formula is C23H31N3O3. The normalized spacial score (nSPS) is 14.6. The van der Waals surface area contributed by atoms with Gasteiger partial charge in [0.25, 0.3) is 5.91 Å². The molecule has 0 radical (unpaired) electrons. The Bertz CT molecular complexity index is 845. The largest absolute Gasteiger partial charge is 0.493 e. The summed E-state index contributed by atoms with van der Waals surface area (Å²) in [6, 6.07) is 11.3. The molecule has 1 saturated heterocycles. The van der Waals surface area contributed by atoms with Crippen molar-refractivity contribution in [3.63, 3.8) is 0 Å². The lowest BCUT2D eigenvalue weighted by Gasteiger charge is -2.36. The Hall–Kier alpha value is -2.73. The van der Waals surface area contributed by atoms with Gasteiger partial charge in [-0.25, -0.2) is 0 Å². The minimum absolute atomic E-state index is 0.169. The first-order valence-electron chi connectivity index (χ1n) is 10.3. The number of hydrogen-bond acceptors (Lipinski definition) is 5. The predicted molar refractivity (Wildman–Crippen MR) is 118 cm³/mol. The molecule has 0 aliphatic carbocycles. The first-order chi connectivity index (χ1) is 14.0. The molecule has 0 saturated carbocycles. The van der Waals surface area contributed by atoms with Crippen molar-refractivity contribution in [2.75, 3.05) is 56.7 Å². The lowest BCUT2D eigenvalue weighted by Crippen LogP contribution is -2.46. The standard InChI is InChI=1S/C23H31N3O3/c1-5-25-11-13-26(14-12-25)20-9-8-19(15-17(20)3)24-23(27)18-7-10-21(28-4)22(16-18)29-6-2/h7-10,15-16H,5-6,11-14H2,1-4H3,(H,24,27). The van der Waals surface area contributed by atoms with E-state index in [0.717, 1.165) is 44.0 Å². The quantitative estimate of drug-likeness (QED) is 0.770. The van der Waals surface area contributed by atoms with Gasteiger partial charge in [-0.05, 0) is 62.4 Å². The number of carbonyl (C=O) groups excluding carboxylic acids is 1. The maximum Gasteiger partial charge on any atom is 0.255 e. The van der Waals surface area contributed by atoms with E-state index in [-0.39, 0.29) is 5.91 Å². The maximum absolute atomic E-state index is 12.7. The topological polar surface area (TPSA) is 54.0 Å². The van der Waals surface area contributed by atoms with Crippen molar-refractivity contribution >= 4 is 17.3 Å². The first kappa shape index (κ1) is 21.0. The summed E-state index contributed by atoms with van der Waals surface area (Å²) in [5, 5.41) is 2.99. The van der Waals surface area contributed by atoms with Crippen molar-refractivity contribution in [1.29, 1.82) is 0 Å². The van der Waals surface area contributed by atoms with Crippen LogP contribution in [0.3, 0.4) is 0 Å². The van der Waals surface area contributed by atoms with E-state index < -0.39 is 0 Å². The number of hydrogen-bond donors (Lipinski definition) is 1. The van der Waals surface area contributed by atoms with E-state index in [4.69, 9.17) is 9.47 Å². The number of nitrogens with one attached hydrogen (secondary N) is 1. The summed E-state index contributed by atoms with van der Waals surface area (Å²) in [7, 11) is 1.59. The van der Waals surface area contributed by atoms with Crippen molar-refractivity contribution < 1.29 is 14.3 Å². The van der Waals surface area contributed by atoms with E-state index >= 15 is 0 Å². The zero-order valence-electron chi connectivity index (χ0n) is 17.8. The monoisotopic (exact) mass is 397 g/mol. The van der Waals surface area contributed by atoms with Crippen LogP contribution in [0.2, 0.25) is 0 Å². The van der Waals surface area contributed by atoms with E-state index in [1.54, 1.807) is 25.3 Å². The number of amides is 1. The van der Waals surface area contributed by atoms with E-state index in [9.17, 15) is 4.79 Å². The average molecular weight is 398 g/mol. The molecule has 1 heterocycles. The molecule has 0 spiro atoms. The molecule has 1 amide bonds. The summed E-state index contributed by atoms with van der Waals surface area (Å²) in [4.78, 5) is 17.6. The molecule has 1 aliphatic heterocycles. The number of rotatable bonds is 7. The number of ether oxygens (including phenoxy) is 2. The van der Waals surface area contributed by atoms with Crippen LogP contribution < -0.4 is 19.7 Å². The Balaban J connectivity index is 1.70. The minimum atomic E-state index is -0.169. The molecule has 6 heteroatoms. The SMILES string of the molecule is CCOc1cc(C(=O)Nc2ccc(N3CCN(CC)CC3)c(C)c2)ccc1OC. The zero-order valence-corrected chi connectivity index (χ0v) is 17.8. The van der Waals surface area contributed by atoms with Crippen LogP contribution in [0, 0.1) is 6.92 Å². The second-order valence-electron chi connectivity index (χ2n) is 7.18. The lowest BCUT2D eigenvalue weighted by molar-refractivity contribution is 0.102. The number of nitrogens with zero attached hydrogens (tertiary/aromatic N) is 2. The van der Waals surface area contributed by atoms with Gasteiger partial charge < -0.3 is 24.6 Å². The number of benzene rings is 2. The maximum atomic E-state index is 12.7. The summed E-state index contributed by atoms with van der Waals surface area (Å²) in [5.74, 6) is 1.02. The fraction of sp³-hybridized carbons (Fsp3) is 0.435. The third-order valence-corrected chi connectivity index (χ3v) is 5.34. The van der Waals surface area contributed by atoms with E-state index in [0.29, 0.717) is 23.7 Å². The molecule has 2 aromatic carbocycles. The Labute approximate surface area is 173 Å². The van der Waals surface area contributed by atoms with Crippen LogP contribution >= 0.6 is 0 Å². The smallest absolute Gasteiger partial charge is 0.255 e. The van der Waals surface area contributed by atoms with Gasteiger partial charge >= 0.3 is 0 Å². The van der Waals surface area contributed by atoms with Gasteiger partial charge in [-0.3, -0.25) is 4.79 Å². The van der Waals surface area contributed by atoms with Crippen LogP contribution in [0.5, 0.6) is 11.5 Å². The van der Waals surface area contributed by atoms with Crippen molar-refractivity contribution in [3.8, 4) is 11.5 Å². The third-order valence-electron chi connectivity index (χ3n) is 5.34. The number of carbonyl (C=O) groups is 1. The summed E-state index contributed by atoms with van der Waals surface area (Å²) in [6.07, 6.45) is 0. The first-order valence-corrected chi connectivity index (χ1v) is 10.3. The van der Waals surface area contributed by atoms with Gasteiger partial charge in [0.1, 0.15) is 0 Å². The van der Waals surface area contributed by atoms with Crippen LogP contribution in [0.15, 0.2) is 36.4 Å². The molecule has 1 aliphatic rings. The van der Waals surface area contributed by atoms with Gasteiger partial charge in [0.2, 0.25) is 0 Å². The van der Waals surface area contributed by atoms with Gasteiger partial charge in [0, 0.05) is 43.1 Å². The highest BCUT2D eigenvalue weighted by Crippen LogP contribution is 2.29. The molecule has 0 unspecified atom stereocenters. The van der Waals surface area contributed by atoms with Crippen LogP contribution in [-0.2, 0) is 0 Å². The molecule has 3 rings (SSSR count). The fourth-order valence-electron chi connectivity index (χ4n) is 3.68. The number of methoxy groups -OCH3 is 1. The fourth-order valence-corrected chi connectivity index (χ4v) is 3.68. The van der Waals surface area contributed by atoms with Crippen molar-refractivity contribution in [2.24, 2.45) is 0 Å². The van der Waals surface area contributed by atoms with Crippen molar-refractivity contribution in [3.05, 3.63) is 47.5 Å². The van der Waals surface area contributed by atoms with Crippen molar-refractivity contribution in [1.82, 2.24) is 4.90 Å². The van der Waals surface area contributed by atoms with E-state index in [1.807, 2.05) is 19.1 Å². The lowest BCUT2D eigenvalue weighted by atomic mass is 10.1. The number of anilines is 2. The van der Waals surface area contributed by atoms with Crippen LogP contribution in [0.25, 0.3) is 0 Å². The predicted octanol–water partition coefficient (Wildman–Crippen LogP) is 3.80. The molecule has 0 bridgehead atoms. The van der Waals surface area contributed by atoms with Crippen molar-refractivity contribution in [2.45, 2.75) is 20.8 Å². The molecular weight excluding hydrogens is 366 g/mol. The number of aryl methyl sites for hydroxylation is 1. The second kappa shape index (κ2) is 9.65. The van der Waals surface area contributed by atoms with Gasteiger partial charge in [-0.1, -0.05) is 6.92 Å². The minimum Gasteiger partial charge on any atom is -0.493 e. The molecule has 0 aromatic heterocycles. The molecule has 29 heavy (non-hydrogen) atoms. The highest BCUT2D eigenvalue weighted by atomic mass is 16.5. The van der Waals surface area contributed by atoms with Gasteiger partial charge in [-0.2, -0.15) is 0 Å². The Morgan fingerprint density at radius 2 is 1.79 bits per heavy atom. The molecule has 1 fully saturated rings. The zero-order chi connectivity index (χ0) is 20.8. The molecule has 0 atom stereocenters. The summed E-state index contributed by atoms with van der Waals surface area (Å²) < 4.78 is 10.9. The molecule has 2 aromatic rings.